The Balaban J connectivity index is 1.19. The van der Waals surface area contributed by atoms with Gasteiger partial charge in [0.15, 0.2) is 0 Å². The van der Waals surface area contributed by atoms with Crippen LogP contribution in [0.3, 0.4) is 0 Å². The number of carbonyl (C=O) groups excluding carboxylic acids is 1. The first-order chi connectivity index (χ1) is 12.3. The van der Waals surface area contributed by atoms with Gasteiger partial charge in [-0.25, -0.2) is 9.78 Å². The van der Waals surface area contributed by atoms with Crippen molar-refractivity contribution in [1.29, 1.82) is 0 Å². The lowest BCUT2D eigenvalue weighted by Gasteiger charge is -2.23. The minimum Gasteiger partial charge on any atom is -0.342 e. The van der Waals surface area contributed by atoms with Crippen molar-refractivity contribution in [3.8, 4) is 0 Å². The number of aromatic amines is 1. The Hall–Kier alpha value is -2.34. The van der Waals surface area contributed by atoms with Crippen LogP contribution in [0, 0.1) is 0 Å². The van der Waals surface area contributed by atoms with Gasteiger partial charge in [0.1, 0.15) is 5.82 Å². The number of carbonyl (C=O) groups is 1. The van der Waals surface area contributed by atoms with Crippen molar-refractivity contribution in [3.05, 3.63) is 42.2 Å². The van der Waals surface area contributed by atoms with Gasteiger partial charge in [-0.05, 0) is 25.0 Å². The van der Waals surface area contributed by atoms with E-state index in [0.717, 1.165) is 62.3 Å². The van der Waals surface area contributed by atoms with E-state index < -0.39 is 0 Å². The molecule has 6 heteroatoms. The van der Waals surface area contributed by atoms with E-state index in [1.807, 2.05) is 29.2 Å². The molecule has 2 aliphatic heterocycles. The maximum absolute atomic E-state index is 12.3. The molecule has 6 nitrogen and oxygen atoms in total. The number of likely N-dealkylation sites (tertiary alicyclic amines) is 1. The summed E-state index contributed by atoms with van der Waals surface area (Å²) in [4.78, 5) is 24.6. The predicted molar refractivity (Wildman–Crippen MR) is 98.5 cm³/mol. The van der Waals surface area contributed by atoms with Crippen molar-refractivity contribution in [1.82, 2.24) is 25.1 Å². The number of hydrogen-bond donors (Lipinski definition) is 2. The number of benzene rings is 1. The Morgan fingerprint density at radius 2 is 2.12 bits per heavy atom. The summed E-state index contributed by atoms with van der Waals surface area (Å²) in [7, 11) is 0. The molecule has 2 aliphatic rings. The number of para-hydroxylation sites is 2. The van der Waals surface area contributed by atoms with Gasteiger partial charge in [-0.1, -0.05) is 24.3 Å². The van der Waals surface area contributed by atoms with Gasteiger partial charge in [-0.15, -0.1) is 0 Å². The SMILES string of the molecule is O=C(NCCCc1nc2ccccc2[nH]1)N1CCC(N2CC=CC2)C1. The van der Waals surface area contributed by atoms with Gasteiger partial charge in [0.05, 0.1) is 11.0 Å². The number of aryl methyl sites for hydroxylation is 1. The fourth-order valence-electron chi connectivity index (χ4n) is 3.70. The van der Waals surface area contributed by atoms with Gasteiger partial charge in [0, 0.05) is 45.2 Å². The number of H-pyrrole nitrogens is 1. The second-order valence-electron chi connectivity index (χ2n) is 6.85. The third-order valence-electron chi connectivity index (χ3n) is 5.12. The molecule has 0 saturated carbocycles. The number of nitrogens with one attached hydrogen (secondary N) is 2. The van der Waals surface area contributed by atoms with Crippen LogP contribution in [-0.4, -0.2) is 64.6 Å². The Labute approximate surface area is 147 Å². The van der Waals surface area contributed by atoms with Gasteiger partial charge in [-0.2, -0.15) is 0 Å². The molecule has 0 radical (unpaired) electrons. The van der Waals surface area contributed by atoms with Crippen LogP contribution in [0.2, 0.25) is 0 Å². The van der Waals surface area contributed by atoms with Gasteiger partial charge in [0.25, 0.3) is 0 Å². The molecule has 1 aromatic heterocycles. The number of fused-ring (bicyclic) bond motifs is 1. The van der Waals surface area contributed by atoms with E-state index in [0.29, 0.717) is 12.6 Å². The van der Waals surface area contributed by atoms with Crippen LogP contribution in [0.1, 0.15) is 18.7 Å². The van der Waals surface area contributed by atoms with E-state index in [1.54, 1.807) is 0 Å². The average Bonchev–Trinajstić information content (AvgIpc) is 3.37. The van der Waals surface area contributed by atoms with Crippen molar-refractivity contribution in [2.45, 2.75) is 25.3 Å². The molecule has 1 atom stereocenters. The second-order valence-corrected chi connectivity index (χ2v) is 6.85. The van der Waals surface area contributed by atoms with E-state index in [-0.39, 0.29) is 6.03 Å². The number of aromatic nitrogens is 2. The maximum atomic E-state index is 12.3. The first-order valence-electron chi connectivity index (χ1n) is 9.15. The van der Waals surface area contributed by atoms with Crippen LogP contribution in [0.5, 0.6) is 0 Å². The lowest BCUT2D eigenvalue weighted by Crippen LogP contribution is -2.42. The summed E-state index contributed by atoms with van der Waals surface area (Å²) in [5, 5.41) is 3.05. The zero-order chi connectivity index (χ0) is 17.1. The summed E-state index contributed by atoms with van der Waals surface area (Å²) in [6.07, 6.45) is 7.23. The minimum absolute atomic E-state index is 0.0688. The molecule has 4 rings (SSSR count). The van der Waals surface area contributed by atoms with Gasteiger partial charge < -0.3 is 15.2 Å². The highest BCUT2D eigenvalue weighted by Crippen LogP contribution is 2.17. The third kappa shape index (κ3) is 3.69. The molecular formula is C19H25N5O. The second kappa shape index (κ2) is 7.27. The van der Waals surface area contributed by atoms with E-state index >= 15 is 0 Å². The van der Waals surface area contributed by atoms with Crippen LogP contribution in [0.25, 0.3) is 11.0 Å². The zero-order valence-electron chi connectivity index (χ0n) is 14.4. The lowest BCUT2D eigenvalue weighted by molar-refractivity contribution is 0.200. The lowest BCUT2D eigenvalue weighted by atomic mass is 10.2. The zero-order valence-corrected chi connectivity index (χ0v) is 14.4. The van der Waals surface area contributed by atoms with Crippen LogP contribution in [0.15, 0.2) is 36.4 Å². The highest BCUT2D eigenvalue weighted by molar-refractivity contribution is 5.75. The number of imidazole rings is 1. The fourth-order valence-corrected chi connectivity index (χ4v) is 3.70. The molecule has 1 fully saturated rings. The monoisotopic (exact) mass is 339 g/mol. The fraction of sp³-hybridized carbons (Fsp3) is 0.474. The predicted octanol–water partition coefficient (Wildman–Crippen LogP) is 2.15. The molecule has 2 amide bonds. The number of hydrogen-bond acceptors (Lipinski definition) is 3. The molecule has 25 heavy (non-hydrogen) atoms. The first-order valence-corrected chi connectivity index (χ1v) is 9.15. The molecule has 1 saturated heterocycles. The van der Waals surface area contributed by atoms with E-state index in [9.17, 15) is 4.79 Å². The van der Waals surface area contributed by atoms with Gasteiger partial charge in [0.2, 0.25) is 0 Å². The first kappa shape index (κ1) is 16.1. The average molecular weight is 339 g/mol. The number of urea groups is 1. The number of nitrogens with zero attached hydrogens (tertiary/aromatic N) is 3. The Morgan fingerprint density at radius 1 is 1.28 bits per heavy atom. The molecule has 0 bridgehead atoms. The molecule has 1 unspecified atom stereocenters. The van der Waals surface area contributed by atoms with E-state index in [1.165, 1.54) is 0 Å². The van der Waals surface area contributed by atoms with Crippen LogP contribution in [0.4, 0.5) is 4.79 Å². The van der Waals surface area contributed by atoms with Crippen LogP contribution < -0.4 is 5.32 Å². The normalized spacial score (nSPS) is 20.6. The Morgan fingerprint density at radius 3 is 2.96 bits per heavy atom. The third-order valence-corrected chi connectivity index (χ3v) is 5.12. The Kier molecular flexibility index (Phi) is 4.70. The highest BCUT2D eigenvalue weighted by atomic mass is 16.2. The molecule has 2 N–H and O–H groups in total. The van der Waals surface area contributed by atoms with Gasteiger partial charge in [-0.3, -0.25) is 4.90 Å². The molecular weight excluding hydrogens is 314 g/mol. The standard InChI is InChI=1S/C19H25N5O/c25-19(24-13-9-15(14-24)23-11-3-4-12-23)20-10-5-8-18-21-16-6-1-2-7-17(16)22-18/h1-4,6-7,15H,5,8-14H2,(H,20,25)(H,21,22). The van der Waals surface area contributed by atoms with E-state index in [2.05, 4.69) is 32.3 Å². The molecule has 1 aromatic carbocycles. The highest BCUT2D eigenvalue weighted by Gasteiger charge is 2.30. The van der Waals surface area contributed by atoms with Gasteiger partial charge >= 0.3 is 6.03 Å². The molecule has 3 heterocycles. The number of rotatable bonds is 5. The molecule has 132 valence electrons. The summed E-state index contributed by atoms with van der Waals surface area (Å²) in [5.74, 6) is 0.984. The smallest absolute Gasteiger partial charge is 0.317 e. The van der Waals surface area contributed by atoms with Crippen molar-refractivity contribution in [2.24, 2.45) is 0 Å². The quantitative estimate of drug-likeness (QED) is 0.648. The summed E-state index contributed by atoms with van der Waals surface area (Å²) < 4.78 is 0. The molecule has 2 aromatic rings. The molecule has 0 spiro atoms. The van der Waals surface area contributed by atoms with Crippen LogP contribution >= 0.6 is 0 Å². The number of amides is 2. The van der Waals surface area contributed by atoms with E-state index in [4.69, 9.17) is 0 Å². The van der Waals surface area contributed by atoms with Crippen LogP contribution in [-0.2, 0) is 6.42 Å². The summed E-state index contributed by atoms with van der Waals surface area (Å²) in [5.41, 5.74) is 2.07. The Bertz CT molecular complexity index is 727. The maximum Gasteiger partial charge on any atom is 0.317 e. The summed E-state index contributed by atoms with van der Waals surface area (Å²) in [6, 6.07) is 8.63. The summed E-state index contributed by atoms with van der Waals surface area (Å²) >= 11 is 0. The molecule has 0 aliphatic carbocycles. The van der Waals surface area contributed by atoms with Crippen molar-refractivity contribution < 1.29 is 4.79 Å². The topological polar surface area (TPSA) is 64.3 Å². The van der Waals surface area contributed by atoms with Crippen molar-refractivity contribution in [2.75, 3.05) is 32.7 Å². The largest absolute Gasteiger partial charge is 0.342 e. The summed E-state index contributed by atoms with van der Waals surface area (Å²) in [6.45, 7) is 4.44. The van der Waals surface area contributed by atoms with Crippen molar-refractivity contribution in [3.63, 3.8) is 0 Å². The van der Waals surface area contributed by atoms with Crippen molar-refractivity contribution >= 4 is 17.1 Å². The minimum atomic E-state index is 0.0688.